The molecule has 0 radical (unpaired) electrons. The average molecular weight is 443 g/mol. The van der Waals surface area contributed by atoms with Gasteiger partial charge in [0, 0.05) is 0 Å². The van der Waals surface area contributed by atoms with Crippen LogP contribution in [0, 0.1) is 35.5 Å². The molecule has 0 aromatic heterocycles. The zero-order valence-corrected chi connectivity index (χ0v) is 22.6. The minimum atomic E-state index is -1.45. The topological polar surface area (TPSA) is 0 Å². The van der Waals surface area contributed by atoms with Crippen LogP contribution in [0.15, 0.2) is 0 Å². The van der Waals surface area contributed by atoms with E-state index >= 15 is 0 Å². The lowest BCUT2D eigenvalue weighted by atomic mass is 9.82. The van der Waals surface area contributed by atoms with E-state index in [1.54, 1.807) is 103 Å². The summed E-state index contributed by atoms with van der Waals surface area (Å²) in [5.41, 5.74) is 4.76. The van der Waals surface area contributed by atoms with Crippen molar-refractivity contribution in [1.29, 1.82) is 0 Å². The van der Waals surface area contributed by atoms with Crippen molar-refractivity contribution in [3.8, 4) is 0 Å². The highest BCUT2D eigenvalue weighted by atomic mass is 28.3. The van der Waals surface area contributed by atoms with Gasteiger partial charge in [-0.05, 0) is 57.7 Å². The van der Waals surface area contributed by atoms with Crippen molar-refractivity contribution in [3.05, 3.63) is 0 Å². The molecule has 0 N–H and O–H groups in total. The van der Waals surface area contributed by atoms with Gasteiger partial charge in [-0.3, -0.25) is 0 Å². The second-order valence-electron chi connectivity index (χ2n) is 13.5. The van der Waals surface area contributed by atoms with E-state index in [1.165, 1.54) is 16.6 Å². The highest BCUT2D eigenvalue weighted by Crippen LogP contribution is 2.71. The van der Waals surface area contributed by atoms with Crippen LogP contribution in [0.25, 0.3) is 0 Å². The minimum absolute atomic E-state index is 0.961. The maximum atomic E-state index is 2.76. The Morgan fingerprint density at radius 1 is 0.452 bits per heavy atom. The first-order valence-corrected chi connectivity index (χ1v) is 17.4. The predicted octanol–water partition coefficient (Wildman–Crippen LogP) is 10.0. The summed E-state index contributed by atoms with van der Waals surface area (Å²) < 4.78 is 0. The van der Waals surface area contributed by atoms with Gasteiger partial charge in [-0.25, -0.2) is 0 Å². The second-order valence-corrected chi connectivity index (χ2v) is 18.6. The number of rotatable bonds is 4. The monoisotopic (exact) mass is 442 g/mol. The molecule has 178 valence electrons. The van der Waals surface area contributed by atoms with E-state index in [0.29, 0.717) is 0 Å². The number of hydrogen-bond acceptors (Lipinski definition) is 0. The Kier molecular flexibility index (Phi) is 7.01. The van der Waals surface area contributed by atoms with Crippen LogP contribution >= 0.6 is 0 Å². The van der Waals surface area contributed by atoms with Gasteiger partial charge < -0.3 is 0 Å². The van der Waals surface area contributed by atoms with Crippen LogP contribution in [0.4, 0.5) is 0 Å². The normalized spacial score (nSPS) is 45.7. The molecular weight excluding hydrogens is 388 g/mol. The Balaban J connectivity index is 1.63. The van der Waals surface area contributed by atoms with Gasteiger partial charge in [-0.15, -0.1) is 0 Å². The lowest BCUT2D eigenvalue weighted by Crippen LogP contribution is -2.57. The molecule has 0 aromatic rings. The van der Waals surface area contributed by atoms with Gasteiger partial charge >= 0.3 is 0 Å². The van der Waals surface area contributed by atoms with Crippen molar-refractivity contribution < 1.29 is 0 Å². The first kappa shape index (κ1) is 23.0. The Hall–Kier alpha value is 0.217. The summed E-state index contributed by atoms with van der Waals surface area (Å²) >= 11 is 0. The molecule has 0 aromatic carbocycles. The van der Waals surface area contributed by atoms with E-state index in [4.69, 9.17) is 0 Å². The molecule has 1 heteroatoms. The van der Waals surface area contributed by atoms with E-state index in [9.17, 15) is 0 Å². The second kappa shape index (κ2) is 9.46. The summed E-state index contributed by atoms with van der Waals surface area (Å²) in [5.74, 6) is 6.23. The van der Waals surface area contributed by atoms with Gasteiger partial charge in [0.05, 0.1) is 8.07 Å². The fourth-order valence-electron chi connectivity index (χ4n) is 11.3. The maximum absolute atomic E-state index is 2.76. The lowest BCUT2D eigenvalue weighted by Gasteiger charge is -2.59. The van der Waals surface area contributed by atoms with Crippen molar-refractivity contribution in [3.63, 3.8) is 0 Å². The summed E-state index contributed by atoms with van der Waals surface area (Å²) in [7, 11) is -1.45. The zero-order valence-electron chi connectivity index (χ0n) is 21.6. The minimum Gasteiger partial charge on any atom is -0.0622 e. The van der Waals surface area contributed by atoms with Crippen molar-refractivity contribution in [2.45, 2.75) is 153 Å². The van der Waals surface area contributed by atoms with Crippen LogP contribution in [0.5, 0.6) is 0 Å². The largest absolute Gasteiger partial charge is 0.0668 e. The molecule has 7 unspecified atom stereocenters. The quantitative estimate of drug-likeness (QED) is 0.380. The fraction of sp³-hybridized carbons (Fsp3) is 1.00. The van der Waals surface area contributed by atoms with E-state index in [1.807, 2.05) is 0 Å². The van der Waals surface area contributed by atoms with Crippen LogP contribution < -0.4 is 0 Å². The molecule has 0 aliphatic heterocycles. The molecule has 31 heavy (non-hydrogen) atoms. The van der Waals surface area contributed by atoms with Crippen LogP contribution in [-0.4, -0.2) is 8.07 Å². The first-order valence-electron chi connectivity index (χ1n) is 15.1. The molecule has 0 heterocycles. The maximum Gasteiger partial charge on any atom is 0.0668 e. The molecule has 0 spiro atoms. The summed E-state index contributed by atoms with van der Waals surface area (Å²) in [5, 5.41) is 0. The van der Waals surface area contributed by atoms with E-state index in [2.05, 4.69) is 27.7 Å². The Bertz CT molecular complexity index is 553. The van der Waals surface area contributed by atoms with Crippen LogP contribution in [0.3, 0.4) is 0 Å². The number of fused-ring (bicyclic) bond motifs is 1. The molecular formula is C30H54Si. The third kappa shape index (κ3) is 3.74. The molecule has 5 aliphatic rings. The average Bonchev–Trinajstić information content (AvgIpc) is 3.33. The van der Waals surface area contributed by atoms with Crippen molar-refractivity contribution in [1.82, 2.24) is 0 Å². The van der Waals surface area contributed by atoms with Crippen molar-refractivity contribution in [2.24, 2.45) is 35.5 Å². The van der Waals surface area contributed by atoms with Crippen LogP contribution in [-0.2, 0) is 0 Å². The SMILES string of the molecule is CC1C(C)C(C)C([Si](C2CCCCC2)(C2CCCCC2)C2CCC3CCCCC32)C1C. The van der Waals surface area contributed by atoms with Gasteiger partial charge in [-0.2, -0.15) is 0 Å². The van der Waals surface area contributed by atoms with Crippen molar-refractivity contribution in [2.75, 3.05) is 0 Å². The molecule has 5 rings (SSSR count). The third-order valence-corrected chi connectivity index (χ3v) is 21.0. The predicted molar refractivity (Wildman–Crippen MR) is 138 cm³/mol. The summed E-state index contributed by atoms with van der Waals surface area (Å²) in [6.45, 7) is 10.8. The van der Waals surface area contributed by atoms with Crippen LogP contribution in [0.1, 0.15) is 130 Å². The van der Waals surface area contributed by atoms with E-state index in [-0.39, 0.29) is 0 Å². The van der Waals surface area contributed by atoms with Crippen LogP contribution in [0.2, 0.25) is 22.2 Å². The van der Waals surface area contributed by atoms with Gasteiger partial charge in [0.2, 0.25) is 0 Å². The standard InChI is InChI=1S/C30H54Si/c1-21-22(2)24(4)30(23(21)3)31(26-14-7-5-8-15-26,27-16-9-6-10-17-27)29-20-19-25-13-11-12-18-28(25)29/h21-30H,5-20H2,1-4H3. The molecule has 5 aliphatic carbocycles. The fourth-order valence-corrected chi connectivity index (χ4v) is 21.8. The van der Waals surface area contributed by atoms with Gasteiger partial charge in [0.25, 0.3) is 0 Å². The highest BCUT2D eigenvalue weighted by Gasteiger charge is 2.64. The zero-order chi connectivity index (χ0) is 21.6. The Morgan fingerprint density at radius 3 is 1.48 bits per heavy atom. The first-order chi connectivity index (χ1) is 15.1. The third-order valence-electron chi connectivity index (χ3n) is 12.8. The van der Waals surface area contributed by atoms with Gasteiger partial charge in [0.15, 0.2) is 0 Å². The molecule has 7 atom stereocenters. The summed E-state index contributed by atoms with van der Waals surface area (Å²) in [4.78, 5) is 0. The Labute approximate surface area is 196 Å². The van der Waals surface area contributed by atoms with E-state index < -0.39 is 8.07 Å². The molecule has 0 amide bonds. The van der Waals surface area contributed by atoms with E-state index in [0.717, 1.165) is 41.0 Å². The Morgan fingerprint density at radius 2 is 0.935 bits per heavy atom. The number of hydrogen-bond donors (Lipinski definition) is 0. The highest BCUT2D eigenvalue weighted by molar-refractivity contribution is 6.85. The molecule has 0 bridgehead atoms. The lowest BCUT2D eigenvalue weighted by molar-refractivity contribution is 0.266. The van der Waals surface area contributed by atoms with Crippen molar-refractivity contribution >= 4 is 8.07 Å². The molecule has 5 fully saturated rings. The van der Waals surface area contributed by atoms with Gasteiger partial charge in [-0.1, -0.05) is 130 Å². The molecule has 5 saturated carbocycles. The smallest absolute Gasteiger partial charge is 0.0622 e. The molecule has 0 saturated heterocycles. The summed E-state index contributed by atoms with van der Waals surface area (Å²) in [6, 6.07) is 0. The summed E-state index contributed by atoms with van der Waals surface area (Å²) in [6.07, 6.45) is 25.7. The van der Waals surface area contributed by atoms with Gasteiger partial charge in [0.1, 0.15) is 0 Å². The molecule has 0 nitrogen and oxygen atoms in total.